The Balaban J connectivity index is 2.83. The summed E-state index contributed by atoms with van der Waals surface area (Å²) in [6.07, 6.45) is 0. The minimum atomic E-state index is -0.494. The SMILES string of the molecule is N#Cc1c(N)nc(N)nc1-c1c(F)cccc1CBr. The second kappa shape index (κ2) is 5.20. The molecule has 4 N–H and O–H groups in total. The van der Waals surface area contributed by atoms with Gasteiger partial charge < -0.3 is 11.5 Å². The van der Waals surface area contributed by atoms with E-state index in [1.807, 2.05) is 6.07 Å². The molecule has 0 saturated heterocycles. The highest BCUT2D eigenvalue weighted by Gasteiger charge is 2.19. The average Bonchev–Trinajstić information content (AvgIpc) is 2.37. The summed E-state index contributed by atoms with van der Waals surface area (Å²) in [6.45, 7) is 0. The highest BCUT2D eigenvalue weighted by atomic mass is 79.9. The number of alkyl halides is 1. The van der Waals surface area contributed by atoms with Crippen molar-refractivity contribution in [2.45, 2.75) is 5.33 Å². The van der Waals surface area contributed by atoms with E-state index < -0.39 is 5.82 Å². The smallest absolute Gasteiger partial charge is 0.222 e. The highest BCUT2D eigenvalue weighted by molar-refractivity contribution is 9.08. The molecule has 1 aromatic heterocycles. The lowest BCUT2D eigenvalue weighted by molar-refractivity contribution is 0.629. The molecule has 19 heavy (non-hydrogen) atoms. The van der Waals surface area contributed by atoms with Gasteiger partial charge in [0.05, 0.1) is 5.69 Å². The monoisotopic (exact) mass is 321 g/mol. The quantitative estimate of drug-likeness (QED) is 0.826. The molecule has 0 radical (unpaired) electrons. The molecule has 0 aliphatic heterocycles. The Morgan fingerprint density at radius 3 is 2.68 bits per heavy atom. The lowest BCUT2D eigenvalue weighted by atomic mass is 10.0. The van der Waals surface area contributed by atoms with Crippen molar-refractivity contribution in [1.29, 1.82) is 5.26 Å². The Morgan fingerprint density at radius 1 is 1.32 bits per heavy atom. The van der Waals surface area contributed by atoms with Gasteiger partial charge in [-0.1, -0.05) is 28.1 Å². The Hall–Kier alpha value is -2.20. The van der Waals surface area contributed by atoms with E-state index in [1.54, 1.807) is 12.1 Å². The van der Waals surface area contributed by atoms with Crippen molar-refractivity contribution in [3.05, 3.63) is 35.1 Å². The van der Waals surface area contributed by atoms with Crippen molar-refractivity contribution in [2.75, 3.05) is 11.5 Å². The minimum Gasteiger partial charge on any atom is -0.382 e. The molecular formula is C12H9BrFN5. The summed E-state index contributed by atoms with van der Waals surface area (Å²) in [5, 5.41) is 9.53. The first-order valence-corrected chi connectivity index (χ1v) is 6.37. The predicted octanol–water partition coefficient (Wildman–Crippen LogP) is 2.21. The molecule has 0 aliphatic carbocycles. The van der Waals surface area contributed by atoms with Gasteiger partial charge in [-0.05, 0) is 11.6 Å². The summed E-state index contributed by atoms with van der Waals surface area (Å²) in [5.41, 5.74) is 12.1. The normalized spacial score (nSPS) is 10.2. The molecule has 1 heterocycles. The van der Waals surface area contributed by atoms with E-state index in [4.69, 9.17) is 16.7 Å². The topological polar surface area (TPSA) is 102 Å². The van der Waals surface area contributed by atoms with Gasteiger partial charge in [-0.3, -0.25) is 0 Å². The lowest BCUT2D eigenvalue weighted by Gasteiger charge is -2.11. The Labute approximate surface area is 117 Å². The van der Waals surface area contributed by atoms with E-state index in [1.165, 1.54) is 6.07 Å². The van der Waals surface area contributed by atoms with Crippen LogP contribution < -0.4 is 11.5 Å². The summed E-state index contributed by atoms with van der Waals surface area (Å²) in [4.78, 5) is 7.65. The van der Waals surface area contributed by atoms with Crippen molar-refractivity contribution >= 4 is 27.7 Å². The van der Waals surface area contributed by atoms with Crippen LogP contribution >= 0.6 is 15.9 Å². The second-order valence-corrected chi connectivity index (χ2v) is 4.27. The minimum absolute atomic E-state index is 0.0153. The molecule has 0 amide bonds. The molecule has 0 unspecified atom stereocenters. The van der Waals surface area contributed by atoms with E-state index in [-0.39, 0.29) is 28.6 Å². The molecule has 0 atom stereocenters. The summed E-state index contributed by atoms with van der Waals surface area (Å²) in [7, 11) is 0. The molecular weight excluding hydrogens is 313 g/mol. The van der Waals surface area contributed by atoms with Crippen LogP contribution in [0.1, 0.15) is 11.1 Å². The Kier molecular flexibility index (Phi) is 3.62. The van der Waals surface area contributed by atoms with Gasteiger partial charge in [-0.2, -0.15) is 10.2 Å². The third kappa shape index (κ3) is 2.35. The summed E-state index contributed by atoms with van der Waals surface area (Å²) < 4.78 is 14.0. The van der Waals surface area contributed by atoms with E-state index in [2.05, 4.69) is 25.9 Å². The number of nitrogens with zero attached hydrogens (tertiary/aromatic N) is 3. The van der Waals surface area contributed by atoms with Gasteiger partial charge in [0.2, 0.25) is 5.95 Å². The van der Waals surface area contributed by atoms with Crippen LogP contribution in [0.3, 0.4) is 0 Å². The lowest BCUT2D eigenvalue weighted by Crippen LogP contribution is -2.06. The molecule has 0 bridgehead atoms. The fraction of sp³-hybridized carbons (Fsp3) is 0.0833. The van der Waals surface area contributed by atoms with Crippen LogP contribution in [0.2, 0.25) is 0 Å². The third-order valence-corrected chi connectivity index (χ3v) is 3.15. The predicted molar refractivity (Wildman–Crippen MR) is 73.6 cm³/mol. The molecule has 0 fully saturated rings. The molecule has 0 aliphatic rings. The number of benzene rings is 1. The third-order valence-electron chi connectivity index (χ3n) is 2.55. The number of nitriles is 1. The van der Waals surface area contributed by atoms with E-state index >= 15 is 0 Å². The van der Waals surface area contributed by atoms with Crippen LogP contribution in [0.25, 0.3) is 11.3 Å². The van der Waals surface area contributed by atoms with Crippen LogP contribution in [-0.4, -0.2) is 9.97 Å². The van der Waals surface area contributed by atoms with Crippen molar-refractivity contribution in [1.82, 2.24) is 9.97 Å². The number of nitrogens with two attached hydrogens (primary N) is 2. The van der Waals surface area contributed by atoms with Gasteiger partial charge >= 0.3 is 0 Å². The number of hydrogen-bond acceptors (Lipinski definition) is 5. The number of anilines is 2. The zero-order valence-corrected chi connectivity index (χ0v) is 11.3. The van der Waals surface area contributed by atoms with Crippen LogP contribution in [0.15, 0.2) is 18.2 Å². The average molecular weight is 322 g/mol. The first-order valence-electron chi connectivity index (χ1n) is 5.25. The number of hydrogen-bond donors (Lipinski definition) is 2. The van der Waals surface area contributed by atoms with Crippen molar-refractivity contribution in [3.63, 3.8) is 0 Å². The van der Waals surface area contributed by atoms with E-state index in [0.717, 1.165) is 0 Å². The van der Waals surface area contributed by atoms with Gasteiger partial charge in [0.25, 0.3) is 0 Å². The Bertz CT molecular complexity index is 681. The molecule has 5 nitrogen and oxygen atoms in total. The van der Waals surface area contributed by atoms with Crippen LogP contribution in [0, 0.1) is 17.1 Å². The maximum absolute atomic E-state index is 14.0. The van der Waals surface area contributed by atoms with Crippen molar-refractivity contribution in [2.24, 2.45) is 0 Å². The van der Waals surface area contributed by atoms with Gasteiger partial charge in [0, 0.05) is 10.9 Å². The van der Waals surface area contributed by atoms with Gasteiger partial charge in [-0.25, -0.2) is 9.37 Å². The van der Waals surface area contributed by atoms with E-state index in [0.29, 0.717) is 10.9 Å². The van der Waals surface area contributed by atoms with Gasteiger partial charge in [0.15, 0.2) is 0 Å². The highest BCUT2D eigenvalue weighted by Crippen LogP contribution is 2.31. The number of rotatable bonds is 2. The number of nitrogen functional groups attached to an aromatic ring is 2. The largest absolute Gasteiger partial charge is 0.382 e. The van der Waals surface area contributed by atoms with E-state index in [9.17, 15) is 4.39 Å². The summed E-state index contributed by atoms with van der Waals surface area (Å²) in [5.74, 6) is -0.657. The Morgan fingerprint density at radius 2 is 2.05 bits per heavy atom. The van der Waals surface area contributed by atoms with Gasteiger partial charge in [-0.15, -0.1) is 0 Å². The number of halogens is 2. The summed E-state index contributed by atoms with van der Waals surface area (Å²) >= 11 is 3.27. The molecule has 96 valence electrons. The zero-order valence-electron chi connectivity index (χ0n) is 9.69. The van der Waals surface area contributed by atoms with Crippen LogP contribution in [-0.2, 0) is 5.33 Å². The fourth-order valence-electron chi connectivity index (χ4n) is 1.73. The molecule has 1 aromatic carbocycles. The van der Waals surface area contributed by atoms with Crippen molar-refractivity contribution < 1.29 is 4.39 Å². The standard InChI is InChI=1S/C12H9BrFN5/c13-4-6-2-1-3-8(14)9(6)10-7(5-15)11(16)19-12(17)18-10/h1-3H,4H2,(H4,16,17,18,19). The maximum atomic E-state index is 14.0. The van der Waals surface area contributed by atoms with Crippen LogP contribution in [0.5, 0.6) is 0 Å². The second-order valence-electron chi connectivity index (χ2n) is 3.71. The molecule has 2 rings (SSSR count). The maximum Gasteiger partial charge on any atom is 0.222 e. The fourth-order valence-corrected chi connectivity index (χ4v) is 2.20. The number of aromatic nitrogens is 2. The van der Waals surface area contributed by atoms with Crippen molar-refractivity contribution in [3.8, 4) is 17.3 Å². The first-order chi connectivity index (χ1) is 9.08. The van der Waals surface area contributed by atoms with Gasteiger partial charge in [0.1, 0.15) is 23.3 Å². The molecule has 0 saturated carbocycles. The molecule has 0 spiro atoms. The zero-order chi connectivity index (χ0) is 14.0. The molecule has 7 heteroatoms. The first kappa shape index (κ1) is 13.2. The van der Waals surface area contributed by atoms with Crippen LogP contribution in [0.4, 0.5) is 16.2 Å². The molecule has 2 aromatic rings. The summed E-state index contributed by atoms with van der Waals surface area (Å²) in [6, 6.07) is 6.47.